The van der Waals surface area contributed by atoms with Gasteiger partial charge in [0.2, 0.25) is 0 Å². The van der Waals surface area contributed by atoms with E-state index in [1.54, 1.807) is 0 Å². The molecule has 14 heavy (non-hydrogen) atoms. The lowest BCUT2D eigenvalue weighted by molar-refractivity contribution is 0.484. The van der Waals surface area contributed by atoms with Crippen LogP contribution < -0.4 is 5.32 Å². The fourth-order valence-electron chi connectivity index (χ4n) is 1.51. The monoisotopic (exact) mass is 191 g/mol. The number of terminal acetylenes is 1. The summed E-state index contributed by atoms with van der Waals surface area (Å²) < 4.78 is 2.03. The zero-order valence-corrected chi connectivity index (χ0v) is 8.83. The van der Waals surface area contributed by atoms with Gasteiger partial charge in [0.25, 0.3) is 0 Å². The molecule has 3 heteroatoms. The van der Waals surface area contributed by atoms with E-state index >= 15 is 0 Å². The lowest BCUT2D eigenvalue weighted by Crippen LogP contribution is -2.23. The van der Waals surface area contributed by atoms with E-state index in [0.29, 0.717) is 0 Å². The average molecular weight is 191 g/mol. The fraction of sp³-hybridized carbons (Fsp3) is 0.545. The standard InChI is InChI=1S/C11H17N3/c1-4-6-7-10(12-5-2)11-13-8-9-14(11)3/h1,8-10,12H,5-7H2,2-3H3. The quantitative estimate of drug-likeness (QED) is 0.714. The SMILES string of the molecule is C#CCCC(NCC)c1nccn1C. The van der Waals surface area contributed by atoms with Crippen LogP contribution in [0.2, 0.25) is 0 Å². The first-order valence-corrected chi connectivity index (χ1v) is 4.93. The Morgan fingerprint density at radius 3 is 3.00 bits per heavy atom. The molecular formula is C11H17N3. The van der Waals surface area contributed by atoms with Gasteiger partial charge in [-0.1, -0.05) is 6.92 Å². The summed E-state index contributed by atoms with van der Waals surface area (Å²) in [6.07, 6.45) is 10.8. The highest BCUT2D eigenvalue weighted by Gasteiger charge is 2.13. The van der Waals surface area contributed by atoms with Crippen molar-refractivity contribution in [2.45, 2.75) is 25.8 Å². The van der Waals surface area contributed by atoms with E-state index in [-0.39, 0.29) is 6.04 Å². The molecular weight excluding hydrogens is 174 g/mol. The molecule has 0 aliphatic carbocycles. The molecule has 0 amide bonds. The average Bonchev–Trinajstić information content (AvgIpc) is 2.59. The molecule has 1 rings (SSSR count). The first kappa shape index (κ1) is 10.8. The fourth-order valence-corrected chi connectivity index (χ4v) is 1.51. The van der Waals surface area contributed by atoms with Gasteiger partial charge in [0.1, 0.15) is 5.82 Å². The second kappa shape index (κ2) is 5.46. The van der Waals surface area contributed by atoms with E-state index in [0.717, 1.165) is 25.2 Å². The van der Waals surface area contributed by atoms with Gasteiger partial charge in [-0.25, -0.2) is 4.98 Å². The first-order valence-electron chi connectivity index (χ1n) is 4.93. The van der Waals surface area contributed by atoms with Crippen molar-refractivity contribution in [3.8, 4) is 12.3 Å². The number of hydrogen-bond acceptors (Lipinski definition) is 2. The van der Waals surface area contributed by atoms with E-state index in [9.17, 15) is 0 Å². The highest BCUT2D eigenvalue weighted by Crippen LogP contribution is 2.15. The van der Waals surface area contributed by atoms with Crippen LogP contribution >= 0.6 is 0 Å². The van der Waals surface area contributed by atoms with Gasteiger partial charge in [-0.3, -0.25) is 0 Å². The number of nitrogens with one attached hydrogen (secondary N) is 1. The molecule has 0 aromatic carbocycles. The molecule has 1 N–H and O–H groups in total. The van der Waals surface area contributed by atoms with Gasteiger partial charge in [0.15, 0.2) is 0 Å². The van der Waals surface area contributed by atoms with E-state index in [4.69, 9.17) is 6.42 Å². The molecule has 1 aromatic heterocycles. The second-order valence-electron chi connectivity index (χ2n) is 3.25. The van der Waals surface area contributed by atoms with Crippen LogP contribution in [0.5, 0.6) is 0 Å². The van der Waals surface area contributed by atoms with Gasteiger partial charge < -0.3 is 9.88 Å². The van der Waals surface area contributed by atoms with Crippen molar-refractivity contribution in [2.24, 2.45) is 7.05 Å². The maximum atomic E-state index is 5.26. The number of aromatic nitrogens is 2. The topological polar surface area (TPSA) is 29.9 Å². The highest BCUT2D eigenvalue weighted by molar-refractivity contribution is 5.00. The van der Waals surface area contributed by atoms with E-state index in [1.807, 2.05) is 24.0 Å². The Hall–Kier alpha value is -1.27. The minimum Gasteiger partial charge on any atom is -0.337 e. The maximum Gasteiger partial charge on any atom is 0.125 e. The summed E-state index contributed by atoms with van der Waals surface area (Å²) >= 11 is 0. The summed E-state index contributed by atoms with van der Waals surface area (Å²) in [5.74, 6) is 3.72. The Bertz CT molecular complexity index is 309. The van der Waals surface area contributed by atoms with E-state index in [1.165, 1.54) is 0 Å². The molecule has 1 atom stereocenters. The van der Waals surface area contributed by atoms with Crippen LogP contribution in [0.4, 0.5) is 0 Å². The molecule has 0 bridgehead atoms. The molecule has 1 heterocycles. The highest BCUT2D eigenvalue weighted by atomic mass is 15.1. The van der Waals surface area contributed by atoms with Gasteiger partial charge in [-0.2, -0.15) is 0 Å². The molecule has 0 aliphatic heterocycles. The van der Waals surface area contributed by atoms with Crippen LogP contribution in [0.3, 0.4) is 0 Å². The van der Waals surface area contributed by atoms with Crippen molar-refractivity contribution in [2.75, 3.05) is 6.54 Å². The zero-order valence-electron chi connectivity index (χ0n) is 8.83. The van der Waals surface area contributed by atoms with Gasteiger partial charge in [0.05, 0.1) is 6.04 Å². The Kier molecular flexibility index (Phi) is 4.21. The van der Waals surface area contributed by atoms with Gasteiger partial charge in [0, 0.05) is 25.9 Å². The predicted octanol–water partition coefficient (Wildman–Crippen LogP) is 1.48. The third-order valence-electron chi connectivity index (χ3n) is 2.20. The van der Waals surface area contributed by atoms with Crippen molar-refractivity contribution < 1.29 is 0 Å². The second-order valence-corrected chi connectivity index (χ2v) is 3.25. The molecule has 1 unspecified atom stereocenters. The Labute approximate surface area is 85.5 Å². The van der Waals surface area contributed by atoms with Crippen LogP contribution in [0.25, 0.3) is 0 Å². The number of nitrogens with zero attached hydrogens (tertiary/aromatic N) is 2. The van der Waals surface area contributed by atoms with Crippen LogP contribution in [0, 0.1) is 12.3 Å². The lowest BCUT2D eigenvalue weighted by Gasteiger charge is -2.16. The minimum absolute atomic E-state index is 0.274. The maximum absolute atomic E-state index is 5.26. The van der Waals surface area contributed by atoms with Crippen molar-refractivity contribution >= 4 is 0 Å². The lowest BCUT2D eigenvalue weighted by atomic mass is 10.1. The molecule has 0 spiro atoms. The molecule has 0 saturated carbocycles. The molecule has 76 valence electrons. The Balaban J connectivity index is 2.68. The normalized spacial score (nSPS) is 12.4. The molecule has 1 aromatic rings. The van der Waals surface area contributed by atoms with E-state index < -0.39 is 0 Å². The molecule has 0 fully saturated rings. The predicted molar refractivity (Wildman–Crippen MR) is 57.7 cm³/mol. The van der Waals surface area contributed by atoms with Crippen LogP contribution in [-0.4, -0.2) is 16.1 Å². The largest absolute Gasteiger partial charge is 0.337 e. The summed E-state index contributed by atoms with van der Waals surface area (Å²) in [6.45, 7) is 3.02. The van der Waals surface area contributed by atoms with E-state index in [2.05, 4.69) is 23.1 Å². The van der Waals surface area contributed by atoms with Crippen molar-refractivity contribution in [3.05, 3.63) is 18.2 Å². The molecule has 0 radical (unpaired) electrons. The Morgan fingerprint density at radius 1 is 1.71 bits per heavy atom. The Morgan fingerprint density at radius 2 is 2.50 bits per heavy atom. The van der Waals surface area contributed by atoms with Crippen LogP contribution in [0.1, 0.15) is 31.6 Å². The third kappa shape index (κ3) is 2.61. The number of imidazole rings is 1. The number of aryl methyl sites for hydroxylation is 1. The van der Waals surface area contributed by atoms with Crippen molar-refractivity contribution in [1.82, 2.24) is 14.9 Å². The summed E-state index contributed by atoms with van der Waals surface area (Å²) in [6, 6.07) is 0.274. The zero-order chi connectivity index (χ0) is 10.4. The summed E-state index contributed by atoms with van der Waals surface area (Å²) in [5, 5.41) is 3.38. The summed E-state index contributed by atoms with van der Waals surface area (Å²) in [7, 11) is 2.00. The smallest absolute Gasteiger partial charge is 0.125 e. The minimum atomic E-state index is 0.274. The van der Waals surface area contributed by atoms with Crippen LogP contribution in [0.15, 0.2) is 12.4 Å². The van der Waals surface area contributed by atoms with Gasteiger partial charge in [-0.15, -0.1) is 12.3 Å². The van der Waals surface area contributed by atoms with Crippen LogP contribution in [-0.2, 0) is 7.05 Å². The molecule has 0 aliphatic rings. The first-order chi connectivity index (χ1) is 6.79. The third-order valence-corrected chi connectivity index (χ3v) is 2.20. The molecule has 3 nitrogen and oxygen atoms in total. The number of hydrogen-bond donors (Lipinski definition) is 1. The van der Waals surface area contributed by atoms with Gasteiger partial charge in [-0.05, 0) is 13.0 Å². The van der Waals surface area contributed by atoms with Crippen molar-refractivity contribution in [1.29, 1.82) is 0 Å². The summed E-state index contributed by atoms with van der Waals surface area (Å²) in [4.78, 5) is 4.32. The van der Waals surface area contributed by atoms with Gasteiger partial charge >= 0.3 is 0 Å². The van der Waals surface area contributed by atoms with Crippen molar-refractivity contribution in [3.63, 3.8) is 0 Å². The molecule has 0 saturated heterocycles. The summed E-state index contributed by atoms with van der Waals surface area (Å²) in [5.41, 5.74) is 0. The number of rotatable bonds is 5.